The minimum atomic E-state index is -0.518. The van der Waals surface area contributed by atoms with Crippen molar-refractivity contribution in [3.63, 3.8) is 0 Å². The molecule has 2 atom stereocenters. The number of likely N-dealkylation sites (tertiary alicyclic amines) is 1. The minimum Gasteiger partial charge on any atom is -0.301 e. The third-order valence-corrected chi connectivity index (χ3v) is 7.35. The van der Waals surface area contributed by atoms with Crippen LogP contribution in [0.5, 0.6) is 0 Å². The third-order valence-electron chi connectivity index (χ3n) is 7.12. The molecule has 33 heavy (non-hydrogen) atoms. The number of aldehydes is 1. The van der Waals surface area contributed by atoms with Gasteiger partial charge in [0.1, 0.15) is 6.29 Å². The fourth-order valence-electron chi connectivity index (χ4n) is 5.54. The van der Waals surface area contributed by atoms with Crippen LogP contribution in [0.1, 0.15) is 68.5 Å². The second-order valence-electron chi connectivity index (χ2n) is 10.4. The summed E-state index contributed by atoms with van der Waals surface area (Å²) < 4.78 is 0. The minimum absolute atomic E-state index is 0.187. The van der Waals surface area contributed by atoms with E-state index in [1.165, 1.54) is 22.4 Å². The maximum atomic E-state index is 11.6. The van der Waals surface area contributed by atoms with Gasteiger partial charge >= 0.3 is 0 Å². The molecule has 2 aliphatic rings. The second-order valence-corrected chi connectivity index (χ2v) is 10.8. The fraction of sp³-hybridized carbons (Fsp3) is 0.556. The van der Waals surface area contributed by atoms with E-state index in [4.69, 9.17) is 16.6 Å². The number of benzene rings is 1. The lowest BCUT2D eigenvalue weighted by Gasteiger charge is -2.38. The molecule has 0 amide bonds. The average Bonchev–Trinajstić information content (AvgIpc) is 2.96. The molecule has 1 aliphatic heterocycles. The van der Waals surface area contributed by atoms with Crippen molar-refractivity contribution in [1.29, 1.82) is 0 Å². The number of nitrogens with one attached hydrogen (secondary N) is 2. The first-order valence-corrected chi connectivity index (χ1v) is 12.7. The van der Waals surface area contributed by atoms with E-state index in [0.29, 0.717) is 11.8 Å². The van der Waals surface area contributed by atoms with E-state index >= 15 is 0 Å². The molecular formula is C27H37ClN4O. The van der Waals surface area contributed by atoms with Crippen molar-refractivity contribution in [1.82, 2.24) is 20.7 Å². The molecule has 1 aromatic carbocycles. The van der Waals surface area contributed by atoms with Gasteiger partial charge in [0, 0.05) is 17.8 Å². The lowest BCUT2D eigenvalue weighted by molar-refractivity contribution is -0.113. The Kier molecular flexibility index (Phi) is 7.85. The number of hydrazine groups is 1. The monoisotopic (exact) mass is 468 g/mol. The highest BCUT2D eigenvalue weighted by atomic mass is 35.5. The first kappa shape index (κ1) is 24.3. The first-order chi connectivity index (χ1) is 15.9. The maximum Gasteiger partial charge on any atom is 0.141 e. The maximum absolute atomic E-state index is 11.6. The Balaban J connectivity index is 1.42. The molecule has 178 valence electrons. The molecule has 0 bridgehead atoms. The van der Waals surface area contributed by atoms with E-state index in [1.54, 1.807) is 0 Å². The SMILES string of the molecule is CC(C)CC(C)(C=O)NNCC1CCN(C2c3ccc(Cl)cc3CCc3cccnc32)CC1. The van der Waals surface area contributed by atoms with Gasteiger partial charge in [-0.3, -0.25) is 15.3 Å². The summed E-state index contributed by atoms with van der Waals surface area (Å²) in [5.41, 5.74) is 11.4. The summed E-state index contributed by atoms with van der Waals surface area (Å²) in [7, 11) is 0. The van der Waals surface area contributed by atoms with Crippen LogP contribution in [0.4, 0.5) is 0 Å². The molecule has 0 radical (unpaired) electrons. The van der Waals surface area contributed by atoms with Crippen LogP contribution in [0.25, 0.3) is 0 Å². The number of carbonyl (C=O) groups is 1. The number of pyridine rings is 1. The van der Waals surface area contributed by atoms with Crippen LogP contribution < -0.4 is 10.9 Å². The normalized spacial score (nSPS) is 21.2. The van der Waals surface area contributed by atoms with Gasteiger partial charge in [0.2, 0.25) is 0 Å². The zero-order chi connectivity index (χ0) is 23.4. The van der Waals surface area contributed by atoms with Crippen molar-refractivity contribution in [2.45, 2.75) is 64.5 Å². The largest absolute Gasteiger partial charge is 0.301 e. The molecule has 4 rings (SSSR count). The lowest BCUT2D eigenvalue weighted by atomic mass is 9.91. The van der Waals surface area contributed by atoms with Gasteiger partial charge in [0.15, 0.2) is 0 Å². The predicted octanol–water partition coefficient (Wildman–Crippen LogP) is 4.73. The van der Waals surface area contributed by atoms with Gasteiger partial charge < -0.3 is 4.79 Å². The van der Waals surface area contributed by atoms with E-state index in [0.717, 1.165) is 63.0 Å². The number of nitrogens with zero attached hydrogens (tertiary/aromatic N) is 2. The number of halogens is 1. The smallest absolute Gasteiger partial charge is 0.141 e. The quantitative estimate of drug-likeness (QED) is 0.433. The molecule has 6 heteroatoms. The van der Waals surface area contributed by atoms with Gasteiger partial charge in [-0.15, -0.1) is 0 Å². The summed E-state index contributed by atoms with van der Waals surface area (Å²) in [5.74, 6) is 1.05. The van der Waals surface area contributed by atoms with Crippen LogP contribution in [0, 0.1) is 11.8 Å². The Morgan fingerprint density at radius 3 is 2.70 bits per heavy atom. The summed E-state index contributed by atoms with van der Waals surface area (Å²) in [6, 6.07) is 10.8. The van der Waals surface area contributed by atoms with Crippen LogP contribution in [0.3, 0.4) is 0 Å². The lowest BCUT2D eigenvalue weighted by Crippen LogP contribution is -2.54. The van der Waals surface area contributed by atoms with E-state index in [2.05, 4.69) is 53.9 Å². The van der Waals surface area contributed by atoms with Gasteiger partial charge in [-0.2, -0.15) is 0 Å². The molecule has 1 aromatic heterocycles. The van der Waals surface area contributed by atoms with Crippen molar-refractivity contribution >= 4 is 17.9 Å². The number of fused-ring (bicyclic) bond motifs is 2. The van der Waals surface area contributed by atoms with Crippen molar-refractivity contribution in [3.8, 4) is 0 Å². The Morgan fingerprint density at radius 2 is 1.97 bits per heavy atom. The number of aryl methyl sites for hydroxylation is 2. The Bertz CT molecular complexity index is 957. The summed E-state index contributed by atoms with van der Waals surface area (Å²) >= 11 is 6.35. The molecule has 2 unspecified atom stereocenters. The molecule has 1 saturated heterocycles. The first-order valence-electron chi connectivity index (χ1n) is 12.3. The molecule has 5 nitrogen and oxygen atoms in total. The van der Waals surface area contributed by atoms with Crippen molar-refractivity contribution in [2.24, 2.45) is 11.8 Å². The highest BCUT2D eigenvalue weighted by Crippen LogP contribution is 2.38. The van der Waals surface area contributed by atoms with Crippen LogP contribution in [-0.4, -0.2) is 41.3 Å². The second kappa shape index (κ2) is 10.6. The molecule has 1 aliphatic carbocycles. The molecule has 1 fully saturated rings. The molecule has 0 saturated carbocycles. The van der Waals surface area contributed by atoms with Gasteiger partial charge in [0.05, 0.1) is 17.3 Å². The van der Waals surface area contributed by atoms with Crippen molar-refractivity contribution in [2.75, 3.05) is 19.6 Å². The van der Waals surface area contributed by atoms with Gasteiger partial charge in [-0.25, -0.2) is 5.43 Å². The summed E-state index contributed by atoms with van der Waals surface area (Å²) in [5, 5.41) is 0.809. The van der Waals surface area contributed by atoms with E-state index < -0.39 is 5.54 Å². The van der Waals surface area contributed by atoms with Crippen LogP contribution in [0.15, 0.2) is 36.5 Å². The topological polar surface area (TPSA) is 57.3 Å². The van der Waals surface area contributed by atoms with E-state index in [-0.39, 0.29) is 6.04 Å². The molecule has 2 N–H and O–H groups in total. The molecule has 2 aromatic rings. The van der Waals surface area contributed by atoms with Crippen LogP contribution in [0.2, 0.25) is 5.02 Å². The molecular weight excluding hydrogens is 432 g/mol. The zero-order valence-corrected chi connectivity index (χ0v) is 20.9. The Labute approximate surface area is 203 Å². The fourth-order valence-corrected chi connectivity index (χ4v) is 5.74. The number of hydrogen-bond acceptors (Lipinski definition) is 5. The number of rotatable bonds is 8. The van der Waals surface area contributed by atoms with Crippen LogP contribution in [-0.2, 0) is 17.6 Å². The summed E-state index contributed by atoms with van der Waals surface area (Å²) in [6.45, 7) is 9.20. The average molecular weight is 469 g/mol. The van der Waals surface area contributed by atoms with Gasteiger partial charge in [-0.1, -0.05) is 37.6 Å². The van der Waals surface area contributed by atoms with Gasteiger partial charge in [-0.05, 0) is 98.8 Å². The molecule has 2 heterocycles. The Hall–Kier alpha value is -1.79. The number of carbonyl (C=O) groups excluding carboxylic acids is 1. The Morgan fingerprint density at radius 1 is 1.21 bits per heavy atom. The number of piperidine rings is 1. The van der Waals surface area contributed by atoms with Crippen LogP contribution >= 0.6 is 11.6 Å². The highest BCUT2D eigenvalue weighted by molar-refractivity contribution is 6.30. The standard InChI is InChI=1S/C27H37ClN4O/c1-19(2)16-27(3,18-33)31-30-17-20-10-13-32(14-11-20)26-24-9-8-23(28)15-22(24)7-6-21-5-4-12-29-25(21)26/h4-5,8-9,12,15,18-20,26,30-31H,6-7,10-11,13-14,16-17H2,1-3H3. The van der Waals surface area contributed by atoms with Gasteiger partial charge in [0.25, 0.3) is 0 Å². The summed E-state index contributed by atoms with van der Waals surface area (Å²) in [6.07, 6.45) is 8.03. The van der Waals surface area contributed by atoms with Crippen molar-refractivity contribution in [3.05, 3.63) is 63.9 Å². The third kappa shape index (κ3) is 5.83. The number of aromatic nitrogens is 1. The number of hydrogen-bond donors (Lipinski definition) is 2. The van der Waals surface area contributed by atoms with E-state index in [9.17, 15) is 4.79 Å². The highest BCUT2D eigenvalue weighted by Gasteiger charge is 2.33. The van der Waals surface area contributed by atoms with E-state index in [1.807, 2.05) is 19.2 Å². The van der Waals surface area contributed by atoms with Crippen molar-refractivity contribution < 1.29 is 4.79 Å². The zero-order valence-electron chi connectivity index (χ0n) is 20.1. The summed E-state index contributed by atoms with van der Waals surface area (Å²) in [4.78, 5) is 19.0. The predicted molar refractivity (Wildman–Crippen MR) is 134 cm³/mol. The molecule has 0 spiro atoms.